The Morgan fingerprint density at radius 1 is 1.27 bits per heavy atom. The first-order valence-corrected chi connectivity index (χ1v) is 9.43. The van der Waals surface area contributed by atoms with Crippen molar-refractivity contribution in [2.75, 3.05) is 5.32 Å². The van der Waals surface area contributed by atoms with E-state index in [2.05, 4.69) is 31.4 Å². The summed E-state index contributed by atoms with van der Waals surface area (Å²) in [6.45, 7) is 2.82. The molecule has 3 rings (SSSR count). The maximum atomic E-state index is 12.2. The van der Waals surface area contributed by atoms with E-state index >= 15 is 0 Å². The Bertz CT molecular complexity index is 937. The summed E-state index contributed by atoms with van der Waals surface area (Å²) in [5, 5.41) is 12.6. The Morgan fingerprint density at radius 2 is 2.04 bits per heavy atom. The van der Waals surface area contributed by atoms with Gasteiger partial charge in [-0.2, -0.15) is 10.2 Å². The van der Waals surface area contributed by atoms with Crippen molar-refractivity contribution in [3.63, 3.8) is 0 Å². The van der Waals surface area contributed by atoms with Gasteiger partial charge >= 0.3 is 0 Å². The molecule has 0 bridgehead atoms. The van der Waals surface area contributed by atoms with Crippen molar-refractivity contribution in [2.24, 2.45) is 0 Å². The lowest BCUT2D eigenvalue weighted by molar-refractivity contribution is -0.116. The second-order valence-corrected chi connectivity index (χ2v) is 7.38. The zero-order valence-electron chi connectivity index (χ0n) is 13.9. The normalized spacial score (nSPS) is 10.9. The minimum atomic E-state index is -0.153. The molecule has 0 spiro atoms. The fourth-order valence-electron chi connectivity index (χ4n) is 2.42. The van der Waals surface area contributed by atoms with E-state index in [9.17, 15) is 4.79 Å². The van der Waals surface area contributed by atoms with Gasteiger partial charge in [0.1, 0.15) is 0 Å². The summed E-state index contributed by atoms with van der Waals surface area (Å²) in [4.78, 5) is 12.2. The van der Waals surface area contributed by atoms with Crippen LogP contribution in [-0.4, -0.2) is 25.5 Å². The molecular weight excluding hydrogens is 441 g/mol. The molecule has 0 atom stereocenters. The lowest BCUT2D eigenvalue weighted by Gasteiger charge is -2.06. The van der Waals surface area contributed by atoms with E-state index in [1.54, 1.807) is 21.8 Å². The van der Waals surface area contributed by atoms with E-state index < -0.39 is 0 Å². The van der Waals surface area contributed by atoms with Gasteiger partial charge in [0.25, 0.3) is 0 Å². The van der Waals surface area contributed by atoms with E-state index in [-0.39, 0.29) is 12.3 Å². The molecule has 3 aromatic rings. The number of hydrogen-bond acceptors (Lipinski definition) is 3. The Hall–Kier alpha value is -1.83. The largest absolute Gasteiger partial charge is 0.308 e. The molecule has 0 radical (unpaired) electrons. The summed E-state index contributed by atoms with van der Waals surface area (Å²) in [5.41, 5.74) is 1.79. The SMILES string of the molecule is Cc1c(Cl)cnn1CCC(=O)Nc1nn(Cc2ccccc2Cl)cc1Br. The van der Waals surface area contributed by atoms with Gasteiger partial charge in [0.15, 0.2) is 5.82 Å². The molecular formula is C17H16BrCl2N5O. The third-order valence-electron chi connectivity index (χ3n) is 3.86. The van der Waals surface area contributed by atoms with Gasteiger partial charge in [-0.05, 0) is 34.5 Å². The van der Waals surface area contributed by atoms with Gasteiger partial charge in [-0.1, -0.05) is 41.4 Å². The number of carbonyl (C=O) groups excluding carboxylic acids is 1. The molecule has 2 heterocycles. The van der Waals surface area contributed by atoms with Crippen molar-refractivity contribution in [3.05, 3.63) is 62.4 Å². The number of carbonyl (C=O) groups is 1. The summed E-state index contributed by atoms with van der Waals surface area (Å²) < 4.78 is 4.13. The topological polar surface area (TPSA) is 64.7 Å². The molecule has 9 heteroatoms. The molecule has 0 aliphatic carbocycles. The molecule has 0 aliphatic heterocycles. The highest BCUT2D eigenvalue weighted by atomic mass is 79.9. The monoisotopic (exact) mass is 455 g/mol. The molecule has 1 aromatic carbocycles. The number of halogens is 3. The second kappa shape index (κ2) is 8.24. The standard InChI is InChI=1S/C17H16BrCl2N5O/c1-11-15(20)8-21-25(11)7-6-16(26)22-17-13(18)10-24(23-17)9-12-4-2-3-5-14(12)19/h2-5,8,10H,6-7,9H2,1H3,(H,22,23,26). The van der Waals surface area contributed by atoms with Crippen molar-refractivity contribution >= 4 is 50.9 Å². The average molecular weight is 457 g/mol. The van der Waals surface area contributed by atoms with E-state index in [0.717, 1.165) is 11.3 Å². The lowest BCUT2D eigenvalue weighted by Crippen LogP contribution is -2.16. The van der Waals surface area contributed by atoms with Crippen LogP contribution in [0.15, 0.2) is 41.1 Å². The predicted molar refractivity (Wildman–Crippen MR) is 106 cm³/mol. The number of aryl methyl sites for hydroxylation is 1. The third kappa shape index (κ3) is 4.47. The minimum Gasteiger partial charge on any atom is -0.308 e. The van der Waals surface area contributed by atoms with Crippen LogP contribution in [0, 0.1) is 6.92 Å². The van der Waals surface area contributed by atoms with Crippen molar-refractivity contribution < 1.29 is 4.79 Å². The zero-order chi connectivity index (χ0) is 18.7. The van der Waals surface area contributed by atoms with Crippen LogP contribution >= 0.6 is 39.1 Å². The van der Waals surface area contributed by atoms with E-state index in [1.165, 1.54) is 0 Å². The number of nitrogens with zero attached hydrogens (tertiary/aromatic N) is 4. The second-order valence-electron chi connectivity index (χ2n) is 5.71. The van der Waals surface area contributed by atoms with Gasteiger partial charge in [-0.25, -0.2) is 0 Å². The van der Waals surface area contributed by atoms with E-state index in [1.807, 2.05) is 31.2 Å². The fraction of sp³-hybridized carbons (Fsp3) is 0.235. The number of amides is 1. The van der Waals surface area contributed by atoms with Crippen LogP contribution in [0.25, 0.3) is 0 Å². The molecule has 1 N–H and O–H groups in total. The number of nitrogens with one attached hydrogen (secondary N) is 1. The number of benzene rings is 1. The van der Waals surface area contributed by atoms with Crippen molar-refractivity contribution in [3.8, 4) is 0 Å². The number of aromatic nitrogens is 4. The first kappa shape index (κ1) is 18.9. The van der Waals surface area contributed by atoms with Gasteiger partial charge < -0.3 is 5.32 Å². The quantitative estimate of drug-likeness (QED) is 0.592. The average Bonchev–Trinajstić information content (AvgIpc) is 3.11. The maximum Gasteiger partial charge on any atom is 0.227 e. The maximum absolute atomic E-state index is 12.2. The Balaban J connectivity index is 1.61. The number of anilines is 1. The van der Waals surface area contributed by atoms with Crippen LogP contribution < -0.4 is 5.32 Å². The van der Waals surface area contributed by atoms with Crippen molar-refractivity contribution in [2.45, 2.75) is 26.4 Å². The highest BCUT2D eigenvalue weighted by molar-refractivity contribution is 9.10. The Kier molecular flexibility index (Phi) is 6.01. The van der Waals surface area contributed by atoms with Crippen molar-refractivity contribution in [1.29, 1.82) is 0 Å². The van der Waals surface area contributed by atoms with Gasteiger partial charge in [0.05, 0.1) is 34.5 Å². The van der Waals surface area contributed by atoms with E-state index in [4.69, 9.17) is 23.2 Å². The molecule has 0 unspecified atom stereocenters. The zero-order valence-corrected chi connectivity index (χ0v) is 17.0. The molecule has 0 saturated carbocycles. The fourth-order valence-corrected chi connectivity index (χ4v) is 3.17. The Morgan fingerprint density at radius 3 is 2.73 bits per heavy atom. The van der Waals surface area contributed by atoms with Crippen LogP contribution in [-0.2, 0) is 17.9 Å². The summed E-state index contributed by atoms with van der Waals surface area (Å²) in [7, 11) is 0. The van der Waals surface area contributed by atoms with Crippen LogP contribution in [0.3, 0.4) is 0 Å². The molecule has 1 amide bonds. The molecule has 26 heavy (non-hydrogen) atoms. The molecule has 2 aromatic heterocycles. The minimum absolute atomic E-state index is 0.153. The van der Waals surface area contributed by atoms with Crippen LogP contribution in [0.4, 0.5) is 5.82 Å². The highest BCUT2D eigenvalue weighted by Crippen LogP contribution is 2.23. The van der Waals surface area contributed by atoms with Crippen molar-refractivity contribution in [1.82, 2.24) is 19.6 Å². The lowest BCUT2D eigenvalue weighted by atomic mass is 10.2. The molecule has 136 valence electrons. The van der Waals surface area contributed by atoms with Gasteiger partial charge in [0, 0.05) is 17.6 Å². The number of hydrogen-bond donors (Lipinski definition) is 1. The molecule has 6 nitrogen and oxygen atoms in total. The van der Waals surface area contributed by atoms with E-state index in [0.29, 0.717) is 33.4 Å². The molecule has 0 fully saturated rings. The predicted octanol–water partition coefficient (Wildman–Crippen LogP) is 4.53. The molecule has 0 saturated heterocycles. The van der Waals surface area contributed by atoms with Gasteiger partial charge in [0.2, 0.25) is 5.91 Å². The number of rotatable bonds is 6. The summed E-state index contributed by atoms with van der Waals surface area (Å²) in [6, 6.07) is 7.58. The third-order valence-corrected chi connectivity index (χ3v) is 5.18. The van der Waals surface area contributed by atoms with Gasteiger partial charge in [-0.15, -0.1) is 0 Å². The van der Waals surface area contributed by atoms with Gasteiger partial charge in [-0.3, -0.25) is 14.2 Å². The first-order chi connectivity index (χ1) is 12.4. The van der Waals surface area contributed by atoms with Crippen LogP contribution in [0.1, 0.15) is 17.7 Å². The Labute approximate surface area is 169 Å². The highest BCUT2D eigenvalue weighted by Gasteiger charge is 2.12. The summed E-state index contributed by atoms with van der Waals surface area (Å²) in [5.74, 6) is 0.317. The van der Waals surface area contributed by atoms with Crippen LogP contribution in [0.2, 0.25) is 10.0 Å². The molecule has 0 aliphatic rings. The summed E-state index contributed by atoms with van der Waals surface area (Å²) >= 11 is 15.6. The smallest absolute Gasteiger partial charge is 0.227 e. The first-order valence-electron chi connectivity index (χ1n) is 7.88. The summed E-state index contributed by atoms with van der Waals surface area (Å²) in [6.07, 6.45) is 3.64. The van der Waals surface area contributed by atoms with Crippen LogP contribution in [0.5, 0.6) is 0 Å².